The molecule has 1 atom stereocenters. The zero-order valence-corrected chi connectivity index (χ0v) is 22.6. The second-order valence-electron chi connectivity index (χ2n) is 8.10. The number of halogens is 1. The Kier molecular flexibility index (Phi) is 8.98. The summed E-state index contributed by atoms with van der Waals surface area (Å²) < 4.78 is 23.7. The van der Waals surface area contributed by atoms with Crippen molar-refractivity contribution in [2.45, 2.75) is 23.5 Å². The van der Waals surface area contributed by atoms with Crippen LogP contribution >= 0.6 is 23.1 Å². The molecule has 3 aromatic carbocycles. The van der Waals surface area contributed by atoms with Crippen molar-refractivity contribution < 1.29 is 23.5 Å². The molecule has 0 aliphatic rings. The van der Waals surface area contributed by atoms with Gasteiger partial charge >= 0.3 is 0 Å². The minimum atomic E-state index is -0.370. The van der Waals surface area contributed by atoms with E-state index in [9.17, 15) is 14.0 Å². The number of carbonyl (C=O) groups excluding carboxylic acids is 2. The Morgan fingerprint density at radius 2 is 1.76 bits per heavy atom. The molecule has 4 rings (SSSR count). The van der Waals surface area contributed by atoms with Crippen molar-refractivity contribution in [2.75, 3.05) is 24.9 Å². The lowest BCUT2D eigenvalue weighted by molar-refractivity contribution is -0.115. The molecule has 0 fully saturated rings. The number of ether oxygens (including phenoxy) is 2. The standard InChI is InChI=1S/C28H26FN3O4S2/c1-4-25(27(34)32-28-31-22(16-37-28)17-8-11-19(29)12-9-17)38-21-7-5-6-20(15-21)30-26(33)18-10-13-23(35-2)24(14-18)36-3/h5-16,25H,4H2,1-3H3,(H,30,33)(H,31,32,34). The molecule has 1 aromatic heterocycles. The van der Waals surface area contributed by atoms with Gasteiger partial charge in [-0.2, -0.15) is 0 Å². The SMILES string of the molecule is CCC(Sc1cccc(NC(=O)c2ccc(OC)c(OC)c2)c1)C(=O)Nc1nc(-c2ccc(F)cc2)cs1. The third-order valence-electron chi connectivity index (χ3n) is 5.55. The largest absolute Gasteiger partial charge is 0.493 e. The van der Waals surface area contributed by atoms with Crippen molar-refractivity contribution in [3.63, 3.8) is 0 Å². The maximum Gasteiger partial charge on any atom is 0.255 e. The van der Waals surface area contributed by atoms with Crippen LogP contribution in [0.25, 0.3) is 11.3 Å². The minimum absolute atomic E-state index is 0.169. The van der Waals surface area contributed by atoms with Crippen LogP contribution in [0.15, 0.2) is 77.0 Å². The highest BCUT2D eigenvalue weighted by molar-refractivity contribution is 8.00. The van der Waals surface area contributed by atoms with Crippen LogP contribution in [0.2, 0.25) is 0 Å². The number of amides is 2. The predicted octanol–water partition coefficient (Wildman–Crippen LogP) is 6.73. The van der Waals surface area contributed by atoms with Crippen molar-refractivity contribution in [2.24, 2.45) is 0 Å². The fraction of sp³-hybridized carbons (Fsp3) is 0.179. The molecule has 0 spiro atoms. The molecule has 10 heteroatoms. The summed E-state index contributed by atoms with van der Waals surface area (Å²) in [6.07, 6.45) is 0.592. The van der Waals surface area contributed by atoms with E-state index in [1.54, 1.807) is 36.4 Å². The maximum absolute atomic E-state index is 13.2. The second kappa shape index (κ2) is 12.6. The lowest BCUT2D eigenvalue weighted by Gasteiger charge is -2.14. The van der Waals surface area contributed by atoms with E-state index < -0.39 is 0 Å². The topological polar surface area (TPSA) is 89.5 Å². The number of aromatic nitrogens is 1. The van der Waals surface area contributed by atoms with Gasteiger partial charge in [0.2, 0.25) is 5.91 Å². The summed E-state index contributed by atoms with van der Waals surface area (Å²) in [5.41, 5.74) is 2.48. The molecule has 38 heavy (non-hydrogen) atoms. The highest BCUT2D eigenvalue weighted by Crippen LogP contribution is 2.31. The molecule has 2 N–H and O–H groups in total. The van der Waals surface area contributed by atoms with Crippen molar-refractivity contribution >= 4 is 45.7 Å². The summed E-state index contributed by atoms with van der Waals surface area (Å²) in [6.45, 7) is 1.94. The quantitative estimate of drug-likeness (QED) is 0.213. The molecule has 0 bridgehead atoms. The van der Waals surface area contributed by atoms with Crippen LogP contribution in [0, 0.1) is 5.82 Å². The Hall–Kier alpha value is -3.89. The molecule has 1 unspecified atom stereocenters. The first-order valence-electron chi connectivity index (χ1n) is 11.7. The van der Waals surface area contributed by atoms with Gasteiger partial charge in [-0.15, -0.1) is 23.1 Å². The highest BCUT2D eigenvalue weighted by atomic mass is 32.2. The summed E-state index contributed by atoms with van der Waals surface area (Å²) in [5, 5.41) is 7.70. The van der Waals surface area contributed by atoms with Crippen LogP contribution in [0.3, 0.4) is 0 Å². The average molecular weight is 552 g/mol. The van der Waals surface area contributed by atoms with Crippen molar-refractivity contribution in [3.8, 4) is 22.8 Å². The molecular weight excluding hydrogens is 525 g/mol. The van der Waals surface area contributed by atoms with Crippen LogP contribution in [0.5, 0.6) is 11.5 Å². The highest BCUT2D eigenvalue weighted by Gasteiger charge is 2.20. The predicted molar refractivity (Wildman–Crippen MR) is 150 cm³/mol. The van der Waals surface area contributed by atoms with E-state index in [4.69, 9.17) is 9.47 Å². The molecule has 0 saturated heterocycles. The van der Waals surface area contributed by atoms with Crippen LogP contribution in [-0.2, 0) is 4.79 Å². The van der Waals surface area contributed by atoms with Crippen LogP contribution in [0.1, 0.15) is 23.7 Å². The summed E-state index contributed by atoms with van der Waals surface area (Å²) >= 11 is 2.72. The number of hydrogen-bond donors (Lipinski definition) is 2. The zero-order valence-electron chi connectivity index (χ0n) is 21.0. The van der Waals surface area contributed by atoms with Gasteiger partial charge < -0.3 is 20.1 Å². The van der Waals surface area contributed by atoms with Gasteiger partial charge in [-0.05, 0) is 67.1 Å². The smallest absolute Gasteiger partial charge is 0.255 e. The summed E-state index contributed by atoms with van der Waals surface area (Å²) in [7, 11) is 3.05. The van der Waals surface area contributed by atoms with E-state index >= 15 is 0 Å². The first kappa shape index (κ1) is 27.2. The van der Waals surface area contributed by atoms with Gasteiger partial charge in [0, 0.05) is 27.1 Å². The second-order valence-corrected chi connectivity index (χ2v) is 10.2. The third-order valence-corrected chi connectivity index (χ3v) is 7.67. The minimum Gasteiger partial charge on any atom is -0.493 e. The van der Waals surface area contributed by atoms with Crippen molar-refractivity contribution in [1.82, 2.24) is 4.98 Å². The van der Waals surface area contributed by atoms with E-state index in [2.05, 4.69) is 15.6 Å². The fourth-order valence-electron chi connectivity index (χ4n) is 3.58. The number of methoxy groups -OCH3 is 2. The summed E-state index contributed by atoms with van der Waals surface area (Å²) in [4.78, 5) is 31.1. The summed E-state index contributed by atoms with van der Waals surface area (Å²) in [5.74, 6) is 0.225. The van der Waals surface area contributed by atoms with Crippen LogP contribution in [-0.4, -0.2) is 36.3 Å². The Balaban J connectivity index is 1.40. The Bertz CT molecular complexity index is 1430. The van der Waals surface area contributed by atoms with E-state index in [0.29, 0.717) is 40.0 Å². The molecule has 2 amide bonds. The molecule has 0 aliphatic heterocycles. The molecule has 0 aliphatic carbocycles. The molecule has 196 valence electrons. The van der Waals surface area contributed by atoms with Gasteiger partial charge in [-0.1, -0.05) is 13.0 Å². The van der Waals surface area contributed by atoms with Gasteiger partial charge in [-0.25, -0.2) is 9.37 Å². The summed E-state index contributed by atoms with van der Waals surface area (Å²) in [6, 6.07) is 18.3. The fourth-order valence-corrected chi connectivity index (χ4v) is 5.32. The number of rotatable bonds is 10. The number of thiazole rings is 1. The molecular formula is C28H26FN3O4S2. The van der Waals surface area contributed by atoms with Gasteiger partial charge in [0.1, 0.15) is 5.82 Å². The van der Waals surface area contributed by atoms with Gasteiger partial charge in [0.15, 0.2) is 16.6 Å². The monoisotopic (exact) mass is 551 g/mol. The number of carbonyl (C=O) groups is 2. The van der Waals surface area contributed by atoms with E-state index in [-0.39, 0.29) is 22.9 Å². The van der Waals surface area contributed by atoms with Gasteiger partial charge in [-0.3, -0.25) is 9.59 Å². The molecule has 0 saturated carbocycles. The molecule has 4 aromatic rings. The van der Waals surface area contributed by atoms with E-state index in [1.807, 2.05) is 30.5 Å². The van der Waals surface area contributed by atoms with Crippen LogP contribution < -0.4 is 20.1 Å². The van der Waals surface area contributed by atoms with Crippen molar-refractivity contribution in [1.29, 1.82) is 0 Å². The number of thioether (sulfide) groups is 1. The number of nitrogens with one attached hydrogen (secondary N) is 2. The Labute approximate surface area is 228 Å². The number of hydrogen-bond acceptors (Lipinski definition) is 7. The molecule has 1 heterocycles. The lowest BCUT2D eigenvalue weighted by Crippen LogP contribution is -2.24. The zero-order chi connectivity index (χ0) is 27.1. The third kappa shape index (κ3) is 6.70. The lowest BCUT2D eigenvalue weighted by atomic mass is 10.2. The Morgan fingerprint density at radius 1 is 1.00 bits per heavy atom. The van der Waals surface area contributed by atoms with Gasteiger partial charge in [0.25, 0.3) is 5.91 Å². The maximum atomic E-state index is 13.2. The number of nitrogens with zero attached hydrogens (tertiary/aromatic N) is 1. The van der Waals surface area contributed by atoms with E-state index in [1.165, 1.54) is 49.5 Å². The number of anilines is 2. The average Bonchev–Trinajstić information content (AvgIpc) is 3.40. The molecule has 7 nitrogen and oxygen atoms in total. The van der Waals surface area contributed by atoms with Gasteiger partial charge in [0.05, 0.1) is 25.2 Å². The van der Waals surface area contributed by atoms with E-state index in [0.717, 1.165) is 10.5 Å². The van der Waals surface area contributed by atoms with Crippen molar-refractivity contribution in [3.05, 3.63) is 83.5 Å². The normalized spacial score (nSPS) is 11.5. The number of benzene rings is 3. The van der Waals surface area contributed by atoms with Crippen LogP contribution in [0.4, 0.5) is 15.2 Å². The first-order valence-corrected chi connectivity index (χ1v) is 13.5. The molecule has 0 radical (unpaired) electrons. The first-order chi connectivity index (χ1) is 18.4. The Morgan fingerprint density at radius 3 is 2.47 bits per heavy atom.